The van der Waals surface area contributed by atoms with Crippen molar-refractivity contribution < 1.29 is 41.0 Å². The lowest BCUT2D eigenvalue weighted by molar-refractivity contribution is 0.0456. The van der Waals surface area contributed by atoms with Crippen molar-refractivity contribution in [3.63, 3.8) is 0 Å². The Kier molecular flexibility index (Phi) is 22.8. The molecule has 200 valence electrons. The van der Waals surface area contributed by atoms with E-state index in [0.29, 0.717) is 13.2 Å². The number of ether oxygens (including phenoxy) is 1. The molecule has 9 nitrogen and oxygen atoms in total. The summed E-state index contributed by atoms with van der Waals surface area (Å²) in [5.41, 5.74) is 0. The monoisotopic (exact) mass is 518 g/mol. The number of hydrogen-bond donors (Lipinski definition) is 0. The van der Waals surface area contributed by atoms with E-state index >= 15 is 0 Å². The van der Waals surface area contributed by atoms with Gasteiger partial charge in [0, 0.05) is 14.2 Å². The molecule has 0 amide bonds. The molecule has 2 unspecified atom stereocenters. The normalized spacial score (nSPS) is 15.4. The fraction of sp³-hybridized carbons (Fsp3) is 1.00. The predicted octanol–water partition coefficient (Wildman–Crippen LogP) is 7.30. The number of phosphoric ester groups is 2. The largest absolute Gasteiger partial charge is 0.474 e. The van der Waals surface area contributed by atoms with Gasteiger partial charge in [-0.05, 0) is 12.8 Å². The first kappa shape index (κ1) is 33.2. The highest BCUT2D eigenvalue weighted by atomic mass is 31.2. The van der Waals surface area contributed by atoms with Crippen LogP contribution in [0.25, 0.3) is 0 Å². The van der Waals surface area contributed by atoms with E-state index in [0.717, 1.165) is 38.5 Å². The molecule has 0 bridgehead atoms. The Balaban J connectivity index is 3.81. The second-order valence-corrected chi connectivity index (χ2v) is 11.3. The van der Waals surface area contributed by atoms with Crippen molar-refractivity contribution in [1.82, 2.24) is 0 Å². The molecule has 0 saturated heterocycles. The lowest BCUT2D eigenvalue weighted by atomic mass is 10.1. The van der Waals surface area contributed by atoms with Crippen LogP contribution in [-0.2, 0) is 41.0 Å². The Morgan fingerprint density at radius 2 is 0.788 bits per heavy atom. The van der Waals surface area contributed by atoms with Crippen LogP contribution in [0, 0.1) is 0 Å². The molecule has 0 heterocycles. The molecular formula is C22H48O9P2. The Hall–Kier alpha value is 0.180. The maximum absolute atomic E-state index is 12.4. The molecule has 0 aliphatic rings. The van der Waals surface area contributed by atoms with Gasteiger partial charge in [-0.2, -0.15) is 0 Å². The molecule has 0 radical (unpaired) electrons. The summed E-state index contributed by atoms with van der Waals surface area (Å²) < 4.78 is 61.0. The molecule has 11 heteroatoms. The summed E-state index contributed by atoms with van der Waals surface area (Å²) in [7, 11) is -4.55. The van der Waals surface area contributed by atoms with Crippen molar-refractivity contribution >= 4 is 15.6 Å². The Morgan fingerprint density at radius 1 is 0.455 bits per heavy atom. The van der Waals surface area contributed by atoms with E-state index in [1.165, 1.54) is 52.7 Å². The minimum atomic E-state index is -3.57. The number of rotatable bonds is 26. The van der Waals surface area contributed by atoms with Crippen molar-refractivity contribution in [3.8, 4) is 0 Å². The lowest BCUT2D eigenvalue weighted by Gasteiger charge is -2.17. The van der Waals surface area contributed by atoms with E-state index in [1.54, 1.807) is 0 Å². The second-order valence-electron chi connectivity index (χ2n) is 7.74. The third kappa shape index (κ3) is 20.1. The highest BCUT2D eigenvalue weighted by molar-refractivity contribution is 7.48. The van der Waals surface area contributed by atoms with Crippen LogP contribution < -0.4 is 0 Å². The van der Waals surface area contributed by atoms with Crippen LogP contribution >= 0.6 is 15.6 Å². The van der Waals surface area contributed by atoms with E-state index < -0.39 is 15.6 Å². The van der Waals surface area contributed by atoms with Gasteiger partial charge in [0.05, 0.1) is 39.6 Å². The molecule has 0 aromatic rings. The molecule has 0 aromatic carbocycles. The Bertz CT molecular complexity index is 476. The smallest absolute Gasteiger partial charge is 0.377 e. The van der Waals surface area contributed by atoms with E-state index in [-0.39, 0.29) is 26.4 Å². The predicted molar refractivity (Wildman–Crippen MR) is 131 cm³/mol. The van der Waals surface area contributed by atoms with Crippen molar-refractivity contribution in [2.45, 2.75) is 90.9 Å². The van der Waals surface area contributed by atoms with Gasteiger partial charge in [0.2, 0.25) is 0 Å². The molecular weight excluding hydrogens is 470 g/mol. The average molecular weight is 519 g/mol. The highest BCUT2D eigenvalue weighted by Gasteiger charge is 2.25. The lowest BCUT2D eigenvalue weighted by Crippen LogP contribution is -2.10. The van der Waals surface area contributed by atoms with Crippen molar-refractivity contribution in [2.75, 3.05) is 53.9 Å². The van der Waals surface area contributed by atoms with Gasteiger partial charge in [0.15, 0.2) is 0 Å². The van der Waals surface area contributed by atoms with Gasteiger partial charge in [-0.25, -0.2) is 9.13 Å². The van der Waals surface area contributed by atoms with Crippen molar-refractivity contribution in [2.24, 2.45) is 0 Å². The zero-order valence-corrected chi connectivity index (χ0v) is 23.1. The van der Waals surface area contributed by atoms with Gasteiger partial charge < -0.3 is 4.74 Å². The fourth-order valence-electron chi connectivity index (χ4n) is 2.92. The minimum Gasteiger partial charge on any atom is -0.377 e. The molecule has 0 N–H and O–H groups in total. The number of hydrogen-bond acceptors (Lipinski definition) is 9. The van der Waals surface area contributed by atoms with Crippen LogP contribution in [0.5, 0.6) is 0 Å². The average Bonchev–Trinajstić information content (AvgIpc) is 2.82. The molecule has 2 atom stereocenters. The summed E-state index contributed by atoms with van der Waals surface area (Å²) in [6, 6.07) is 0. The van der Waals surface area contributed by atoms with E-state index in [1.807, 2.05) is 0 Å². The van der Waals surface area contributed by atoms with Gasteiger partial charge in [-0.15, -0.1) is 0 Å². The molecule has 0 aromatic heterocycles. The van der Waals surface area contributed by atoms with Gasteiger partial charge in [-0.1, -0.05) is 78.1 Å². The highest BCUT2D eigenvalue weighted by Crippen LogP contribution is 2.49. The van der Waals surface area contributed by atoms with Crippen molar-refractivity contribution in [3.05, 3.63) is 0 Å². The summed E-state index contributed by atoms with van der Waals surface area (Å²) in [4.78, 5) is 0. The third-order valence-electron chi connectivity index (χ3n) is 4.90. The standard InChI is InChI=1S/C22H48O9P2/c1-5-7-9-11-13-15-17-28-32(23,25-3)30-21-19-27-20-22-31-33(24,26-4)29-18-16-14-12-10-8-6-2/h5-22H2,1-4H3. The first-order valence-electron chi connectivity index (χ1n) is 12.4. The van der Waals surface area contributed by atoms with Crippen LogP contribution in [0.15, 0.2) is 0 Å². The zero-order valence-electron chi connectivity index (χ0n) is 21.3. The topological polar surface area (TPSA) is 98.8 Å². The molecule has 0 rings (SSSR count). The van der Waals surface area contributed by atoms with Crippen LogP contribution in [0.3, 0.4) is 0 Å². The minimum absolute atomic E-state index is 0.0398. The molecule has 0 aliphatic heterocycles. The molecule has 0 saturated carbocycles. The van der Waals surface area contributed by atoms with Crippen LogP contribution in [0.4, 0.5) is 0 Å². The van der Waals surface area contributed by atoms with E-state index in [4.69, 9.17) is 31.9 Å². The number of unbranched alkanes of at least 4 members (excludes halogenated alkanes) is 10. The summed E-state index contributed by atoms with van der Waals surface area (Å²) in [6.45, 7) is 5.41. The maximum Gasteiger partial charge on any atom is 0.474 e. The Morgan fingerprint density at radius 3 is 1.15 bits per heavy atom. The quantitative estimate of drug-likeness (QED) is 0.0862. The van der Waals surface area contributed by atoms with Gasteiger partial charge in [-0.3, -0.25) is 27.1 Å². The third-order valence-corrected chi connectivity index (χ3v) is 7.79. The van der Waals surface area contributed by atoms with E-state index in [2.05, 4.69) is 13.8 Å². The van der Waals surface area contributed by atoms with Crippen LogP contribution in [0.1, 0.15) is 90.9 Å². The molecule has 0 spiro atoms. The SMILES string of the molecule is CCCCCCCCOP(=O)(OC)OCCOCCOP(=O)(OC)OCCCCCCCC. The van der Waals surface area contributed by atoms with E-state index in [9.17, 15) is 9.13 Å². The first-order valence-corrected chi connectivity index (χ1v) is 15.3. The summed E-state index contributed by atoms with van der Waals surface area (Å²) in [6.07, 6.45) is 13.3. The summed E-state index contributed by atoms with van der Waals surface area (Å²) in [5.74, 6) is 0. The zero-order chi connectivity index (χ0) is 24.7. The van der Waals surface area contributed by atoms with Gasteiger partial charge in [0.25, 0.3) is 0 Å². The number of phosphoric acid groups is 2. The van der Waals surface area contributed by atoms with Gasteiger partial charge >= 0.3 is 15.6 Å². The summed E-state index contributed by atoms with van der Waals surface area (Å²) >= 11 is 0. The molecule has 0 fully saturated rings. The van der Waals surface area contributed by atoms with Gasteiger partial charge in [0.1, 0.15) is 0 Å². The molecule has 33 heavy (non-hydrogen) atoms. The van der Waals surface area contributed by atoms with Crippen LogP contribution in [-0.4, -0.2) is 53.9 Å². The second kappa shape index (κ2) is 22.6. The van der Waals surface area contributed by atoms with Crippen LogP contribution in [0.2, 0.25) is 0 Å². The fourth-order valence-corrected chi connectivity index (χ4v) is 4.79. The van der Waals surface area contributed by atoms with Crippen molar-refractivity contribution in [1.29, 1.82) is 0 Å². The Labute approximate surface area is 201 Å². The first-order chi connectivity index (χ1) is 15.9. The molecule has 0 aliphatic carbocycles. The maximum atomic E-state index is 12.4. The summed E-state index contributed by atoms with van der Waals surface area (Å²) in [5, 5.41) is 0.